The molecule has 0 aliphatic rings. The highest BCUT2D eigenvalue weighted by molar-refractivity contribution is 7.92. The summed E-state index contributed by atoms with van der Waals surface area (Å²) in [6.07, 6.45) is 1.33. The number of carbonyl (C=O) groups is 1. The number of carbonyl (C=O) groups excluding carboxylic acids is 1. The van der Waals surface area contributed by atoms with Crippen LogP contribution in [0, 0.1) is 6.92 Å². The summed E-state index contributed by atoms with van der Waals surface area (Å²) in [6, 6.07) is 8.89. The Morgan fingerprint density at radius 1 is 1.14 bits per heavy atom. The third kappa shape index (κ3) is 5.33. The molecule has 0 spiro atoms. The summed E-state index contributed by atoms with van der Waals surface area (Å²) in [6.45, 7) is 3.51. The number of benzene rings is 2. The molecule has 0 aliphatic heterocycles. The van der Waals surface area contributed by atoms with Crippen molar-refractivity contribution in [2.75, 3.05) is 30.1 Å². The number of rotatable bonds is 8. The SMILES string of the molecule is CC[C@H](C(=O)Nc1ccc(OC)c(OC)c1)N(c1cc(Cl)ccc1C)S(C)(=O)=O. The summed E-state index contributed by atoms with van der Waals surface area (Å²) < 4.78 is 36.8. The summed E-state index contributed by atoms with van der Waals surface area (Å²) >= 11 is 6.08. The van der Waals surface area contributed by atoms with Gasteiger partial charge in [0.15, 0.2) is 11.5 Å². The van der Waals surface area contributed by atoms with Gasteiger partial charge in [-0.3, -0.25) is 9.10 Å². The lowest BCUT2D eigenvalue weighted by Gasteiger charge is -2.31. The van der Waals surface area contributed by atoms with E-state index in [-0.39, 0.29) is 6.42 Å². The molecule has 0 saturated carbocycles. The lowest BCUT2D eigenvalue weighted by molar-refractivity contribution is -0.117. The van der Waals surface area contributed by atoms with E-state index in [1.165, 1.54) is 14.2 Å². The van der Waals surface area contributed by atoms with Crippen molar-refractivity contribution in [3.8, 4) is 11.5 Å². The Morgan fingerprint density at radius 2 is 1.79 bits per heavy atom. The zero-order chi connectivity index (χ0) is 21.8. The van der Waals surface area contributed by atoms with Crippen LogP contribution < -0.4 is 19.1 Å². The first-order valence-corrected chi connectivity index (χ1v) is 11.1. The van der Waals surface area contributed by atoms with Crippen LogP contribution in [0.1, 0.15) is 18.9 Å². The Labute approximate surface area is 176 Å². The van der Waals surface area contributed by atoms with E-state index < -0.39 is 22.0 Å². The second-order valence-electron chi connectivity index (χ2n) is 6.47. The predicted octanol–water partition coefficient (Wildman–Crippen LogP) is 3.85. The number of methoxy groups -OCH3 is 2. The van der Waals surface area contributed by atoms with E-state index in [0.29, 0.717) is 33.5 Å². The Morgan fingerprint density at radius 3 is 2.34 bits per heavy atom. The first-order valence-electron chi connectivity index (χ1n) is 8.90. The van der Waals surface area contributed by atoms with Gasteiger partial charge in [0.05, 0.1) is 26.2 Å². The number of ether oxygens (including phenoxy) is 2. The monoisotopic (exact) mass is 440 g/mol. The summed E-state index contributed by atoms with van der Waals surface area (Å²) in [5.74, 6) is 0.498. The largest absolute Gasteiger partial charge is 0.493 e. The minimum Gasteiger partial charge on any atom is -0.493 e. The fourth-order valence-corrected chi connectivity index (χ4v) is 4.42. The van der Waals surface area contributed by atoms with Crippen LogP contribution in [0.15, 0.2) is 36.4 Å². The molecule has 2 aromatic rings. The zero-order valence-corrected chi connectivity index (χ0v) is 18.6. The molecule has 0 aliphatic carbocycles. The highest BCUT2D eigenvalue weighted by Crippen LogP contribution is 2.32. The third-order valence-electron chi connectivity index (χ3n) is 4.39. The number of amides is 1. The number of nitrogens with one attached hydrogen (secondary N) is 1. The molecular weight excluding hydrogens is 416 g/mol. The van der Waals surface area contributed by atoms with Crippen LogP contribution in [0.3, 0.4) is 0 Å². The molecule has 0 aromatic heterocycles. The van der Waals surface area contributed by atoms with Crippen LogP contribution in [-0.2, 0) is 14.8 Å². The number of nitrogens with zero attached hydrogens (tertiary/aromatic N) is 1. The van der Waals surface area contributed by atoms with Crippen molar-refractivity contribution in [2.45, 2.75) is 26.3 Å². The van der Waals surface area contributed by atoms with E-state index in [9.17, 15) is 13.2 Å². The topological polar surface area (TPSA) is 84.9 Å². The van der Waals surface area contributed by atoms with E-state index in [4.69, 9.17) is 21.1 Å². The molecule has 158 valence electrons. The van der Waals surface area contributed by atoms with Crippen LogP contribution in [0.2, 0.25) is 5.02 Å². The second-order valence-corrected chi connectivity index (χ2v) is 8.77. The fraction of sp³-hybridized carbons (Fsp3) is 0.350. The van der Waals surface area contributed by atoms with Gasteiger partial charge in [-0.25, -0.2) is 8.42 Å². The molecule has 1 atom stereocenters. The fourth-order valence-electron chi connectivity index (χ4n) is 2.99. The molecule has 29 heavy (non-hydrogen) atoms. The molecule has 2 aromatic carbocycles. The van der Waals surface area contributed by atoms with Crippen molar-refractivity contribution in [3.05, 3.63) is 47.0 Å². The van der Waals surface area contributed by atoms with E-state index in [1.54, 1.807) is 50.2 Å². The normalized spacial score (nSPS) is 12.2. The standard InChI is InChI=1S/C20H25ClN2O5S/c1-6-16(20(24)22-15-9-10-18(27-3)19(12-15)28-4)23(29(5,25)26)17-11-14(21)8-7-13(17)2/h7-12,16H,6H2,1-5H3,(H,22,24)/t16-/m1/s1. The predicted molar refractivity (Wildman–Crippen MR) is 116 cm³/mol. The second kappa shape index (κ2) is 9.37. The van der Waals surface area contributed by atoms with Crippen LogP contribution >= 0.6 is 11.6 Å². The van der Waals surface area contributed by atoms with Crippen LogP contribution in [0.5, 0.6) is 11.5 Å². The average Bonchev–Trinajstić information content (AvgIpc) is 2.66. The van der Waals surface area contributed by atoms with Gasteiger partial charge in [0.25, 0.3) is 0 Å². The van der Waals surface area contributed by atoms with Gasteiger partial charge in [-0.05, 0) is 43.2 Å². The first-order chi connectivity index (χ1) is 13.6. The van der Waals surface area contributed by atoms with E-state index >= 15 is 0 Å². The molecule has 0 saturated heterocycles. The van der Waals surface area contributed by atoms with Gasteiger partial charge in [-0.2, -0.15) is 0 Å². The summed E-state index contributed by atoms with van der Waals surface area (Å²) in [7, 11) is -0.754. The number of aryl methyl sites for hydroxylation is 1. The number of hydrogen-bond donors (Lipinski definition) is 1. The van der Waals surface area contributed by atoms with Gasteiger partial charge in [-0.1, -0.05) is 24.6 Å². The highest BCUT2D eigenvalue weighted by Gasteiger charge is 2.32. The van der Waals surface area contributed by atoms with Crippen molar-refractivity contribution < 1.29 is 22.7 Å². The maximum atomic E-state index is 13.0. The number of anilines is 2. The molecule has 0 radical (unpaired) electrons. The van der Waals surface area contributed by atoms with Gasteiger partial charge >= 0.3 is 0 Å². The van der Waals surface area contributed by atoms with Gasteiger partial charge in [0, 0.05) is 16.8 Å². The summed E-state index contributed by atoms with van der Waals surface area (Å²) in [4.78, 5) is 13.0. The van der Waals surface area contributed by atoms with Gasteiger partial charge in [0.1, 0.15) is 6.04 Å². The molecule has 0 fully saturated rings. The van der Waals surface area contributed by atoms with Crippen molar-refractivity contribution in [3.63, 3.8) is 0 Å². The number of hydrogen-bond acceptors (Lipinski definition) is 5. The Balaban J connectivity index is 2.43. The summed E-state index contributed by atoms with van der Waals surface area (Å²) in [5, 5.41) is 3.15. The molecule has 2 rings (SSSR count). The Kier molecular flexibility index (Phi) is 7.37. The van der Waals surface area contributed by atoms with Crippen molar-refractivity contribution >= 4 is 38.9 Å². The Bertz CT molecular complexity index is 994. The van der Waals surface area contributed by atoms with Crippen molar-refractivity contribution in [2.24, 2.45) is 0 Å². The molecule has 1 N–H and O–H groups in total. The van der Waals surface area contributed by atoms with Gasteiger partial charge < -0.3 is 14.8 Å². The summed E-state index contributed by atoms with van der Waals surface area (Å²) in [5.41, 5.74) is 1.52. The quantitative estimate of drug-likeness (QED) is 0.673. The van der Waals surface area contributed by atoms with E-state index in [0.717, 1.165) is 10.6 Å². The molecule has 1 amide bonds. The van der Waals surface area contributed by atoms with E-state index in [1.807, 2.05) is 0 Å². The van der Waals surface area contributed by atoms with Crippen molar-refractivity contribution in [1.29, 1.82) is 0 Å². The molecular formula is C20H25ClN2O5S. The molecule has 7 nitrogen and oxygen atoms in total. The number of sulfonamides is 1. The average molecular weight is 441 g/mol. The molecule has 0 unspecified atom stereocenters. The van der Waals surface area contributed by atoms with Crippen molar-refractivity contribution in [1.82, 2.24) is 0 Å². The highest BCUT2D eigenvalue weighted by atomic mass is 35.5. The maximum Gasteiger partial charge on any atom is 0.248 e. The molecule has 9 heteroatoms. The zero-order valence-electron chi connectivity index (χ0n) is 17.0. The van der Waals surface area contributed by atoms with Crippen LogP contribution in [-0.4, -0.2) is 40.8 Å². The van der Waals surface area contributed by atoms with Crippen LogP contribution in [0.4, 0.5) is 11.4 Å². The van der Waals surface area contributed by atoms with Crippen LogP contribution in [0.25, 0.3) is 0 Å². The lowest BCUT2D eigenvalue weighted by Crippen LogP contribution is -2.47. The number of halogens is 1. The Hall–Kier alpha value is -2.45. The van der Waals surface area contributed by atoms with Gasteiger partial charge in [0.2, 0.25) is 15.9 Å². The molecule has 0 bridgehead atoms. The smallest absolute Gasteiger partial charge is 0.248 e. The first kappa shape index (κ1) is 22.8. The lowest BCUT2D eigenvalue weighted by atomic mass is 10.1. The molecule has 0 heterocycles. The van der Waals surface area contributed by atoms with E-state index in [2.05, 4.69) is 5.32 Å². The van der Waals surface area contributed by atoms with Gasteiger partial charge in [-0.15, -0.1) is 0 Å². The third-order valence-corrected chi connectivity index (χ3v) is 5.79. The minimum absolute atomic E-state index is 0.262. The minimum atomic E-state index is -3.76. The maximum absolute atomic E-state index is 13.0.